The summed E-state index contributed by atoms with van der Waals surface area (Å²) in [4.78, 5) is 6.25. The first kappa shape index (κ1) is 11.0. The Hall–Kier alpha value is -1.55. The predicted octanol–water partition coefficient (Wildman–Crippen LogP) is 1.78. The van der Waals surface area contributed by atoms with Gasteiger partial charge in [-0.25, -0.2) is 0 Å². The zero-order chi connectivity index (χ0) is 11.7. The van der Waals surface area contributed by atoms with E-state index >= 15 is 0 Å². The molecule has 0 bridgehead atoms. The average molecular weight is 219 g/mol. The van der Waals surface area contributed by atoms with Crippen molar-refractivity contribution >= 4 is 17.1 Å². The fourth-order valence-corrected chi connectivity index (χ4v) is 1.65. The standard InChI is InChI=1S/C12H17N3O/c1-8(13)6-9-4-5-11-10(7-9)14-12(16-11)15(2)3/h4-5,7-8H,6,13H2,1-3H3. The van der Waals surface area contributed by atoms with Crippen molar-refractivity contribution in [3.63, 3.8) is 0 Å². The van der Waals surface area contributed by atoms with Crippen LogP contribution >= 0.6 is 0 Å². The van der Waals surface area contributed by atoms with Crippen LogP contribution in [0.5, 0.6) is 0 Å². The number of oxazole rings is 1. The Morgan fingerprint density at radius 3 is 2.81 bits per heavy atom. The molecular weight excluding hydrogens is 202 g/mol. The maximum absolute atomic E-state index is 5.77. The minimum atomic E-state index is 0.165. The lowest BCUT2D eigenvalue weighted by molar-refractivity contribution is 0.596. The molecule has 2 N–H and O–H groups in total. The largest absolute Gasteiger partial charge is 0.423 e. The van der Waals surface area contributed by atoms with Gasteiger partial charge in [0.15, 0.2) is 5.58 Å². The lowest BCUT2D eigenvalue weighted by atomic mass is 10.1. The molecule has 0 spiro atoms. The third-order valence-corrected chi connectivity index (χ3v) is 2.38. The molecule has 0 fully saturated rings. The van der Waals surface area contributed by atoms with Crippen LogP contribution in [0.3, 0.4) is 0 Å². The van der Waals surface area contributed by atoms with Crippen molar-refractivity contribution < 1.29 is 4.42 Å². The number of benzene rings is 1. The zero-order valence-electron chi connectivity index (χ0n) is 9.90. The topological polar surface area (TPSA) is 55.3 Å². The average Bonchev–Trinajstić information content (AvgIpc) is 2.59. The quantitative estimate of drug-likeness (QED) is 0.855. The van der Waals surface area contributed by atoms with E-state index in [-0.39, 0.29) is 6.04 Å². The summed E-state index contributed by atoms with van der Waals surface area (Å²) < 4.78 is 5.57. The number of aromatic nitrogens is 1. The number of hydrogen-bond donors (Lipinski definition) is 1. The van der Waals surface area contributed by atoms with E-state index in [0.29, 0.717) is 6.01 Å². The molecule has 2 rings (SSSR count). The lowest BCUT2D eigenvalue weighted by Crippen LogP contribution is -2.17. The van der Waals surface area contributed by atoms with Gasteiger partial charge in [0.2, 0.25) is 0 Å². The molecule has 0 amide bonds. The van der Waals surface area contributed by atoms with E-state index < -0.39 is 0 Å². The van der Waals surface area contributed by atoms with E-state index in [1.165, 1.54) is 5.56 Å². The minimum Gasteiger partial charge on any atom is -0.423 e. The molecule has 16 heavy (non-hydrogen) atoms. The van der Waals surface area contributed by atoms with Crippen LogP contribution < -0.4 is 10.6 Å². The molecule has 1 heterocycles. The highest BCUT2D eigenvalue weighted by Gasteiger charge is 2.08. The van der Waals surface area contributed by atoms with Gasteiger partial charge in [0.1, 0.15) is 5.52 Å². The Morgan fingerprint density at radius 2 is 2.19 bits per heavy atom. The van der Waals surface area contributed by atoms with Gasteiger partial charge in [0.25, 0.3) is 6.01 Å². The summed E-state index contributed by atoms with van der Waals surface area (Å²) in [7, 11) is 3.82. The second kappa shape index (κ2) is 4.14. The van der Waals surface area contributed by atoms with Gasteiger partial charge in [-0.15, -0.1) is 0 Å². The van der Waals surface area contributed by atoms with Crippen LogP contribution in [0.1, 0.15) is 12.5 Å². The molecule has 1 aromatic heterocycles. The first-order valence-electron chi connectivity index (χ1n) is 5.38. The minimum absolute atomic E-state index is 0.165. The van der Waals surface area contributed by atoms with Gasteiger partial charge >= 0.3 is 0 Å². The summed E-state index contributed by atoms with van der Waals surface area (Å²) in [6.07, 6.45) is 0.861. The Morgan fingerprint density at radius 1 is 1.44 bits per heavy atom. The SMILES string of the molecule is CC(N)Cc1ccc2oc(N(C)C)nc2c1. The number of fused-ring (bicyclic) bond motifs is 1. The van der Waals surface area contributed by atoms with Gasteiger partial charge in [-0.05, 0) is 31.0 Å². The molecule has 0 aliphatic carbocycles. The molecule has 0 radical (unpaired) electrons. The molecule has 0 saturated carbocycles. The van der Waals surface area contributed by atoms with E-state index in [2.05, 4.69) is 4.98 Å². The Bertz CT molecular complexity index is 488. The van der Waals surface area contributed by atoms with Crippen LogP contribution in [-0.4, -0.2) is 25.1 Å². The van der Waals surface area contributed by atoms with Gasteiger partial charge < -0.3 is 15.1 Å². The molecule has 0 aliphatic rings. The van der Waals surface area contributed by atoms with Crippen LogP contribution in [0, 0.1) is 0 Å². The van der Waals surface area contributed by atoms with E-state index in [1.54, 1.807) is 0 Å². The molecule has 2 aromatic rings. The van der Waals surface area contributed by atoms with Crippen LogP contribution in [0.15, 0.2) is 22.6 Å². The summed E-state index contributed by atoms with van der Waals surface area (Å²) >= 11 is 0. The van der Waals surface area contributed by atoms with Crippen LogP contribution in [0.25, 0.3) is 11.1 Å². The molecule has 0 saturated heterocycles. The molecule has 1 atom stereocenters. The smallest absolute Gasteiger partial charge is 0.297 e. The van der Waals surface area contributed by atoms with E-state index in [9.17, 15) is 0 Å². The summed E-state index contributed by atoms with van der Waals surface area (Å²) in [6, 6.07) is 6.82. The second-order valence-corrected chi connectivity index (χ2v) is 4.37. The first-order valence-corrected chi connectivity index (χ1v) is 5.38. The van der Waals surface area contributed by atoms with Crippen molar-refractivity contribution in [3.8, 4) is 0 Å². The summed E-state index contributed by atoms with van der Waals surface area (Å²) in [6.45, 7) is 2.00. The third kappa shape index (κ3) is 2.17. The summed E-state index contributed by atoms with van der Waals surface area (Å²) in [5.41, 5.74) is 8.67. The zero-order valence-corrected chi connectivity index (χ0v) is 9.90. The summed E-state index contributed by atoms with van der Waals surface area (Å²) in [5, 5.41) is 0. The van der Waals surface area contributed by atoms with Crippen molar-refractivity contribution in [2.75, 3.05) is 19.0 Å². The van der Waals surface area contributed by atoms with Gasteiger partial charge in [0, 0.05) is 20.1 Å². The number of hydrogen-bond acceptors (Lipinski definition) is 4. The lowest BCUT2D eigenvalue weighted by Gasteiger charge is -2.03. The third-order valence-electron chi connectivity index (χ3n) is 2.38. The number of nitrogens with two attached hydrogens (primary N) is 1. The van der Waals surface area contributed by atoms with Crippen LogP contribution in [0.2, 0.25) is 0 Å². The highest BCUT2D eigenvalue weighted by molar-refractivity contribution is 5.75. The monoisotopic (exact) mass is 219 g/mol. The fraction of sp³-hybridized carbons (Fsp3) is 0.417. The van der Waals surface area contributed by atoms with Crippen molar-refractivity contribution in [1.29, 1.82) is 0 Å². The highest BCUT2D eigenvalue weighted by Crippen LogP contribution is 2.21. The van der Waals surface area contributed by atoms with Gasteiger partial charge in [0.05, 0.1) is 0 Å². The molecule has 86 valence electrons. The van der Waals surface area contributed by atoms with Crippen LogP contribution in [-0.2, 0) is 6.42 Å². The van der Waals surface area contributed by atoms with Crippen molar-refractivity contribution in [3.05, 3.63) is 23.8 Å². The number of anilines is 1. The Balaban J connectivity index is 2.38. The molecular formula is C12H17N3O. The maximum atomic E-state index is 5.77. The van der Waals surface area contributed by atoms with Crippen molar-refractivity contribution in [2.45, 2.75) is 19.4 Å². The molecule has 1 unspecified atom stereocenters. The normalized spacial score (nSPS) is 13.0. The first-order chi connectivity index (χ1) is 7.56. The van der Waals surface area contributed by atoms with Crippen LogP contribution in [0.4, 0.5) is 6.01 Å². The summed E-state index contributed by atoms with van der Waals surface area (Å²) in [5.74, 6) is 0. The van der Waals surface area contributed by atoms with E-state index in [0.717, 1.165) is 17.5 Å². The molecule has 4 heteroatoms. The molecule has 0 aliphatic heterocycles. The highest BCUT2D eigenvalue weighted by atomic mass is 16.4. The van der Waals surface area contributed by atoms with Crippen molar-refractivity contribution in [2.24, 2.45) is 5.73 Å². The van der Waals surface area contributed by atoms with E-state index in [1.807, 2.05) is 44.1 Å². The van der Waals surface area contributed by atoms with E-state index in [4.69, 9.17) is 10.2 Å². The van der Waals surface area contributed by atoms with Gasteiger partial charge in [-0.2, -0.15) is 4.98 Å². The second-order valence-electron chi connectivity index (χ2n) is 4.37. The van der Waals surface area contributed by atoms with Gasteiger partial charge in [-0.3, -0.25) is 0 Å². The molecule has 4 nitrogen and oxygen atoms in total. The Kier molecular flexibility index (Phi) is 2.83. The number of rotatable bonds is 3. The maximum Gasteiger partial charge on any atom is 0.297 e. The number of nitrogens with zero attached hydrogens (tertiary/aromatic N) is 2. The van der Waals surface area contributed by atoms with Crippen molar-refractivity contribution in [1.82, 2.24) is 4.98 Å². The fourth-order valence-electron chi connectivity index (χ4n) is 1.65. The predicted molar refractivity (Wildman–Crippen MR) is 65.7 cm³/mol. The van der Waals surface area contributed by atoms with Gasteiger partial charge in [-0.1, -0.05) is 6.07 Å². The molecule has 1 aromatic carbocycles. The Labute approximate surface area is 95.1 Å².